The average Bonchev–Trinajstić information content (AvgIpc) is 3.28. The highest BCUT2D eigenvalue weighted by Crippen LogP contribution is 2.40. The summed E-state index contributed by atoms with van der Waals surface area (Å²) in [6.45, 7) is 0. The van der Waals surface area contributed by atoms with Gasteiger partial charge in [-0.3, -0.25) is 0 Å². The molecule has 0 unspecified atom stereocenters. The van der Waals surface area contributed by atoms with Crippen molar-refractivity contribution in [2.45, 2.75) is 6.18 Å². The van der Waals surface area contributed by atoms with Gasteiger partial charge in [0, 0.05) is 30.8 Å². The Labute approximate surface area is 219 Å². The van der Waals surface area contributed by atoms with Gasteiger partial charge in [-0.05, 0) is 78.9 Å². The topological polar surface area (TPSA) is 77.4 Å². The number of amides is 2. The van der Waals surface area contributed by atoms with Crippen LogP contribution in [-0.4, -0.2) is 15.6 Å². The van der Waals surface area contributed by atoms with Crippen molar-refractivity contribution in [1.29, 1.82) is 0 Å². The van der Waals surface area contributed by atoms with Crippen molar-refractivity contribution >= 4 is 28.4 Å². The lowest BCUT2D eigenvalue weighted by Crippen LogP contribution is -2.20. The van der Waals surface area contributed by atoms with E-state index in [4.69, 9.17) is 9.47 Å². The standard InChI is InChI=1S/C28H20F4N4O3/c1-36-15-13-22-24(12-14-33-26(22)36)38-21-9-4-18(5-10-21)34-27(37)35-19-6-11-25(23(16-19)28(30,31)32)39-20-7-2-17(29)3-8-20/h2-16H,1H3,(H2,34,35,37). The monoisotopic (exact) mass is 536 g/mol. The van der Waals surface area contributed by atoms with Crippen LogP contribution in [-0.2, 0) is 13.2 Å². The number of nitrogens with one attached hydrogen (secondary N) is 2. The van der Waals surface area contributed by atoms with Crippen LogP contribution < -0.4 is 20.1 Å². The van der Waals surface area contributed by atoms with Gasteiger partial charge in [0.2, 0.25) is 0 Å². The summed E-state index contributed by atoms with van der Waals surface area (Å²) in [6, 6.07) is 17.1. The third kappa shape index (κ3) is 5.93. The molecular weight excluding hydrogens is 516 g/mol. The number of halogens is 4. The zero-order valence-electron chi connectivity index (χ0n) is 20.3. The number of hydrogen-bond donors (Lipinski definition) is 2. The maximum atomic E-state index is 13.7. The molecule has 0 aliphatic carbocycles. The Morgan fingerprint density at radius 3 is 2.13 bits per heavy atom. The molecule has 2 heterocycles. The molecule has 3 aromatic carbocycles. The lowest BCUT2D eigenvalue weighted by molar-refractivity contribution is -0.138. The molecule has 11 heteroatoms. The summed E-state index contributed by atoms with van der Waals surface area (Å²) >= 11 is 0. The van der Waals surface area contributed by atoms with Crippen molar-refractivity contribution in [3.05, 3.63) is 103 Å². The Balaban J connectivity index is 1.25. The van der Waals surface area contributed by atoms with Crippen LogP contribution >= 0.6 is 0 Å². The van der Waals surface area contributed by atoms with E-state index in [1.165, 1.54) is 18.2 Å². The van der Waals surface area contributed by atoms with Crippen LogP contribution in [0.1, 0.15) is 5.56 Å². The van der Waals surface area contributed by atoms with E-state index in [0.717, 1.165) is 35.3 Å². The lowest BCUT2D eigenvalue weighted by Gasteiger charge is -2.16. The van der Waals surface area contributed by atoms with Crippen molar-refractivity contribution in [3.63, 3.8) is 0 Å². The SMILES string of the molecule is Cn1ccc2c(Oc3ccc(NC(=O)Nc4ccc(Oc5ccc(F)cc5)c(C(F)(F)F)c4)cc3)ccnc21. The first-order valence-electron chi connectivity index (χ1n) is 11.6. The molecule has 0 saturated carbocycles. The van der Waals surface area contributed by atoms with Crippen LogP contribution in [0.2, 0.25) is 0 Å². The minimum absolute atomic E-state index is 0.0323. The fraction of sp³-hybridized carbons (Fsp3) is 0.0714. The van der Waals surface area contributed by atoms with Gasteiger partial charge in [-0.25, -0.2) is 14.2 Å². The van der Waals surface area contributed by atoms with E-state index >= 15 is 0 Å². The van der Waals surface area contributed by atoms with Gasteiger partial charge < -0.3 is 24.7 Å². The molecule has 5 rings (SSSR count). The Bertz CT molecular complexity index is 1630. The molecule has 0 spiro atoms. The van der Waals surface area contributed by atoms with Crippen LogP contribution in [0.25, 0.3) is 11.0 Å². The molecule has 7 nitrogen and oxygen atoms in total. The highest BCUT2D eigenvalue weighted by Gasteiger charge is 2.35. The van der Waals surface area contributed by atoms with E-state index in [-0.39, 0.29) is 11.4 Å². The van der Waals surface area contributed by atoms with Gasteiger partial charge >= 0.3 is 12.2 Å². The summed E-state index contributed by atoms with van der Waals surface area (Å²) in [7, 11) is 1.88. The van der Waals surface area contributed by atoms with Gasteiger partial charge in [0.25, 0.3) is 0 Å². The number of hydrogen-bond acceptors (Lipinski definition) is 4. The molecular formula is C28H20F4N4O3. The maximum absolute atomic E-state index is 13.7. The smallest absolute Gasteiger partial charge is 0.420 e. The number of aryl methyl sites for hydroxylation is 1. The van der Waals surface area contributed by atoms with E-state index < -0.39 is 29.3 Å². The van der Waals surface area contributed by atoms with Crippen molar-refractivity contribution in [2.75, 3.05) is 10.6 Å². The Morgan fingerprint density at radius 1 is 0.821 bits per heavy atom. The highest BCUT2D eigenvalue weighted by molar-refractivity contribution is 5.99. The number of carbonyl (C=O) groups is 1. The van der Waals surface area contributed by atoms with Crippen LogP contribution in [0, 0.1) is 5.82 Å². The van der Waals surface area contributed by atoms with E-state index in [1.807, 2.05) is 23.9 Å². The lowest BCUT2D eigenvalue weighted by atomic mass is 10.1. The van der Waals surface area contributed by atoms with Crippen molar-refractivity contribution in [2.24, 2.45) is 7.05 Å². The highest BCUT2D eigenvalue weighted by atomic mass is 19.4. The Hall–Kier alpha value is -5.06. The number of fused-ring (bicyclic) bond motifs is 1. The number of carbonyl (C=O) groups excluding carboxylic acids is 1. The predicted octanol–water partition coefficient (Wildman–Crippen LogP) is 7.96. The number of aromatic nitrogens is 2. The fourth-order valence-corrected chi connectivity index (χ4v) is 3.80. The molecule has 5 aromatic rings. The van der Waals surface area contributed by atoms with E-state index in [2.05, 4.69) is 15.6 Å². The average molecular weight is 536 g/mol. The summed E-state index contributed by atoms with van der Waals surface area (Å²) in [5.74, 6) is 0.131. The van der Waals surface area contributed by atoms with E-state index in [9.17, 15) is 22.4 Å². The number of ether oxygens (including phenoxy) is 2. The normalized spacial score (nSPS) is 11.3. The van der Waals surface area contributed by atoms with Crippen LogP contribution in [0.3, 0.4) is 0 Å². The third-order valence-corrected chi connectivity index (χ3v) is 5.65. The first-order valence-corrected chi connectivity index (χ1v) is 11.6. The largest absolute Gasteiger partial charge is 0.457 e. The van der Waals surface area contributed by atoms with Crippen molar-refractivity contribution < 1.29 is 31.8 Å². The number of anilines is 2. The first-order chi connectivity index (χ1) is 18.7. The molecule has 0 aliphatic heterocycles. The molecule has 0 bridgehead atoms. The summed E-state index contributed by atoms with van der Waals surface area (Å²) in [5.41, 5.74) is -0.0384. The molecule has 0 atom stereocenters. The second-order valence-corrected chi connectivity index (χ2v) is 8.44. The zero-order valence-corrected chi connectivity index (χ0v) is 20.3. The third-order valence-electron chi connectivity index (χ3n) is 5.65. The van der Waals surface area contributed by atoms with Crippen LogP contribution in [0.15, 0.2) is 91.3 Å². The van der Waals surface area contributed by atoms with E-state index in [0.29, 0.717) is 17.2 Å². The molecule has 2 aromatic heterocycles. The number of rotatable bonds is 6. The molecule has 0 aliphatic rings. The van der Waals surface area contributed by atoms with Gasteiger partial charge in [-0.15, -0.1) is 0 Å². The quantitative estimate of drug-likeness (QED) is 0.216. The number of benzene rings is 3. The maximum Gasteiger partial charge on any atom is 0.420 e. The Kier molecular flexibility index (Phi) is 6.80. The molecule has 0 saturated heterocycles. The molecule has 39 heavy (non-hydrogen) atoms. The van der Waals surface area contributed by atoms with Crippen LogP contribution in [0.5, 0.6) is 23.0 Å². The summed E-state index contributed by atoms with van der Waals surface area (Å²) in [5, 5.41) is 5.79. The summed E-state index contributed by atoms with van der Waals surface area (Å²) in [4.78, 5) is 16.8. The summed E-state index contributed by atoms with van der Waals surface area (Å²) < 4.78 is 67.2. The number of pyridine rings is 1. The van der Waals surface area contributed by atoms with Gasteiger partial charge in [0.1, 0.15) is 40.0 Å². The second kappa shape index (κ2) is 10.4. The molecule has 198 valence electrons. The molecule has 2 amide bonds. The zero-order chi connectivity index (χ0) is 27.6. The van der Waals surface area contributed by atoms with Gasteiger partial charge in [-0.1, -0.05) is 0 Å². The predicted molar refractivity (Wildman–Crippen MR) is 138 cm³/mol. The number of urea groups is 1. The fourth-order valence-electron chi connectivity index (χ4n) is 3.80. The van der Waals surface area contributed by atoms with Crippen LogP contribution in [0.4, 0.5) is 33.7 Å². The molecule has 0 fully saturated rings. The number of alkyl halides is 3. The number of nitrogens with zero attached hydrogens (tertiary/aromatic N) is 2. The Morgan fingerprint density at radius 2 is 1.44 bits per heavy atom. The van der Waals surface area contributed by atoms with E-state index in [1.54, 1.807) is 36.5 Å². The first kappa shape index (κ1) is 25.6. The molecule has 2 N–H and O–H groups in total. The molecule has 0 radical (unpaired) electrons. The van der Waals surface area contributed by atoms with Gasteiger partial charge in [0.05, 0.1) is 5.39 Å². The van der Waals surface area contributed by atoms with Crippen molar-refractivity contribution in [3.8, 4) is 23.0 Å². The second-order valence-electron chi connectivity index (χ2n) is 8.44. The minimum Gasteiger partial charge on any atom is -0.457 e. The van der Waals surface area contributed by atoms with Crippen molar-refractivity contribution in [1.82, 2.24) is 9.55 Å². The summed E-state index contributed by atoms with van der Waals surface area (Å²) in [6.07, 6.45) is -1.25. The van der Waals surface area contributed by atoms with Gasteiger partial charge in [0.15, 0.2) is 0 Å². The minimum atomic E-state index is -4.76. The van der Waals surface area contributed by atoms with Gasteiger partial charge in [-0.2, -0.15) is 13.2 Å².